The van der Waals surface area contributed by atoms with Gasteiger partial charge in [-0.25, -0.2) is 0 Å². The summed E-state index contributed by atoms with van der Waals surface area (Å²) >= 11 is 3.40. The average Bonchev–Trinajstić information content (AvgIpc) is 2.80. The molecule has 0 radical (unpaired) electrons. The Labute approximate surface area is 107 Å². The van der Waals surface area contributed by atoms with Gasteiger partial charge in [-0.3, -0.25) is 0 Å². The van der Waals surface area contributed by atoms with E-state index in [1.165, 1.54) is 6.39 Å². The Morgan fingerprint density at radius 3 is 3.00 bits per heavy atom. The molecule has 5 nitrogen and oxygen atoms in total. The fourth-order valence-corrected chi connectivity index (χ4v) is 1.78. The van der Waals surface area contributed by atoms with Crippen LogP contribution in [0.1, 0.15) is 24.4 Å². The van der Waals surface area contributed by atoms with Gasteiger partial charge in [0.15, 0.2) is 6.61 Å². The zero-order chi connectivity index (χ0) is 12.3. The molecule has 2 N–H and O–H groups in total. The van der Waals surface area contributed by atoms with E-state index in [4.69, 9.17) is 10.5 Å². The lowest BCUT2D eigenvalue weighted by Gasteiger charge is -2.13. The number of rotatable bonds is 4. The van der Waals surface area contributed by atoms with E-state index in [9.17, 15) is 0 Å². The number of nitrogens with zero attached hydrogens (tertiary/aromatic N) is 2. The van der Waals surface area contributed by atoms with Gasteiger partial charge in [-0.2, -0.15) is 4.98 Å². The van der Waals surface area contributed by atoms with Crippen LogP contribution < -0.4 is 10.5 Å². The molecule has 0 spiro atoms. The molecule has 0 saturated carbocycles. The van der Waals surface area contributed by atoms with Gasteiger partial charge in [0.05, 0.1) is 0 Å². The summed E-state index contributed by atoms with van der Waals surface area (Å²) in [5.74, 6) is 1.23. The van der Waals surface area contributed by atoms with Crippen LogP contribution in [-0.2, 0) is 6.61 Å². The molecule has 0 bridgehead atoms. The van der Waals surface area contributed by atoms with Gasteiger partial charge in [0.25, 0.3) is 0 Å². The average molecular weight is 298 g/mol. The number of aromatic nitrogens is 2. The van der Waals surface area contributed by atoms with Crippen LogP contribution in [0.2, 0.25) is 0 Å². The van der Waals surface area contributed by atoms with E-state index in [2.05, 4.69) is 30.6 Å². The van der Waals surface area contributed by atoms with Gasteiger partial charge in [-0.1, -0.05) is 21.1 Å². The van der Waals surface area contributed by atoms with Crippen molar-refractivity contribution >= 4 is 15.9 Å². The van der Waals surface area contributed by atoms with Crippen molar-refractivity contribution in [2.45, 2.75) is 19.6 Å². The zero-order valence-corrected chi connectivity index (χ0v) is 10.8. The van der Waals surface area contributed by atoms with E-state index in [-0.39, 0.29) is 12.6 Å². The monoisotopic (exact) mass is 297 g/mol. The van der Waals surface area contributed by atoms with Crippen molar-refractivity contribution in [2.24, 2.45) is 5.73 Å². The van der Waals surface area contributed by atoms with Gasteiger partial charge in [0.2, 0.25) is 12.2 Å². The molecule has 0 aliphatic heterocycles. The first-order valence-electron chi connectivity index (χ1n) is 5.10. The van der Waals surface area contributed by atoms with Crippen LogP contribution in [0.15, 0.2) is 33.6 Å². The minimum absolute atomic E-state index is 0.104. The Morgan fingerprint density at radius 2 is 2.35 bits per heavy atom. The quantitative estimate of drug-likeness (QED) is 0.938. The van der Waals surface area contributed by atoms with Crippen molar-refractivity contribution in [2.75, 3.05) is 0 Å². The molecular weight excluding hydrogens is 286 g/mol. The summed E-state index contributed by atoms with van der Waals surface area (Å²) < 4.78 is 11.2. The first-order chi connectivity index (χ1) is 8.16. The second kappa shape index (κ2) is 5.29. The number of benzene rings is 1. The number of hydrogen-bond acceptors (Lipinski definition) is 5. The Morgan fingerprint density at radius 1 is 1.53 bits per heavy atom. The smallest absolute Gasteiger partial charge is 0.213 e. The van der Waals surface area contributed by atoms with Crippen molar-refractivity contribution in [3.05, 3.63) is 40.5 Å². The predicted molar refractivity (Wildman–Crippen MR) is 65.4 cm³/mol. The summed E-state index contributed by atoms with van der Waals surface area (Å²) in [5.41, 5.74) is 6.81. The van der Waals surface area contributed by atoms with Crippen LogP contribution in [0, 0.1) is 0 Å². The van der Waals surface area contributed by atoms with Crippen LogP contribution in [0.4, 0.5) is 0 Å². The maximum absolute atomic E-state index is 5.88. The standard InChI is InChI=1S/C11H12BrN3O2/c1-7(13)9-4-8(12)2-3-10(9)16-5-11-14-6-17-15-11/h2-4,6-7H,5,13H2,1H3/t7-/m0/s1. The molecular formula is C11H12BrN3O2. The second-order valence-corrected chi connectivity index (χ2v) is 4.52. The highest BCUT2D eigenvalue weighted by Gasteiger charge is 2.10. The van der Waals surface area contributed by atoms with Crippen LogP contribution in [0.5, 0.6) is 5.75 Å². The molecule has 1 aromatic heterocycles. The van der Waals surface area contributed by atoms with Crippen molar-refractivity contribution < 1.29 is 9.26 Å². The van der Waals surface area contributed by atoms with Crippen molar-refractivity contribution in [3.8, 4) is 5.75 Å². The van der Waals surface area contributed by atoms with Gasteiger partial charge in [0.1, 0.15) is 5.75 Å². The highest BCUT2D eigenvalue weighted by Crippen LogP contribution is 2.27. The summed E-state index contributed by atoms with van der Waals surface area (Å²) in [4.78, 5) is 3.88. The summed E-state index contributed by atoms with van der Waals surface area (Å²) in [5, 5.41) is 3.67. The van der Waals surface area contributed by atoms with E-state index < -0.39 is 0 Å². The molecule has 0 unspecified atom stereocenters. The lowest BCUT2D eigenvalue weighted by Crippen LogP contribution is -2.08. The fraction of sp³-hybridized carbons (Fsp3) is 0.273. The molecule has 1 heterocycles. The van der Waals surface area contributed by atoms with Crippen LogP contribution in [-0.4, -0.2) is 10.1 Å². The third-order valence-electron chi connectivity index (χ3n) is 2.23. The third-order valence-corrected chi connectivity index (χ3v) is 2.72. The summed E-state index contributed by atoms with van der Waals surface area (Å²) in [6, 6.07) is 5.60. The molecule has 0 fully saturated rings. The van der Waals surface area contributed by atoms with Gasteiger partial charge < -0.3 is 15.0 Å². The Kier molecular flexibility index (Phi) is 3.75. The number of ether oxygens (including phenoxy) is 1. The maximum atomic E-state index is 5.88. The van der Waals surface area contributed by atoms with Gasteiger partial charge in [-0.15, -0.1) is 0 Å². The fourth-order valence-electron chi connectivity index (χ4n) is 1.40. The van der Waals surface area contributed by atoms with Crippen molar-refractivity contribution in [1.82, 2.24) is 10.1 Å². The van der Waals surface area contributed by atoms with Gasteiger partial charge in [-0.05, 0) is 25.1 Å². The first kappa shape index (κ1) is 12.1. The molecule has 0 saturated heterocycles. The van der Waals surface area contributed by atoms with E-state index in [1.807, 2.05) is 25.1 Å². The molecule has 0 amide bonds. The van der Waals surface area contributed by atoms with Crippen molar-refractivity contribution in [3.63, 3.8) is 0 Å². The molecule has 0 aliphatic rings. The van der Waals surface area contributed by atoms with Crippen molar-refractivity contribution in [1.29, 1.82) is 0 Å². The molecule has 1 aromatic carbocycles. The van der Waals surface area contributed by atoms with Crippen LogP contribution >= 0.6 is 15.9 Å². The normalized spacial score (nSPS) is 12.4. The van der Waals surface area contributed by atoms with E-state index >= 15 is 0 Å². The molecule has 2 aromatic rings. The SMILES string of the molecule is C[C@H](N)c1cc(Br)ccc1OCc1ncon1. The first-order valence-corrected chi connectivity index (χ1v) is 5.89. The van der Waals surface area contributed by atoms with E-state index in [0.717, 1.165) is 15.8 Å². The topological polar surface area (TPSA) is 74.2 Å². The largest absolute Gasteiger partial charge is 0.485 e. The zero-order valence-electron chi connectivity index (χ0n) is 9.26. The number of nitrogens with two attached hydrogens (primary N) is 1. The summed E-state index contributed by atoms with van der Waals surface area (Å²) in [6.07, 6.45) is 1.27. The maximum Gasteiger partial charge on any atom is 0.213 e. The Hall–Kier alpha value is -1.40. The Bertz CT molecular complexity index is 485. The summed E-state index contributed by atoms with van der Waals surface area (Å²) in [7, 11) is 0. The molecule has 1 atom stereocenters. The van der Waals surface area contributed by atoms with E-state index in [1.54, 1.807) is 0 Å². The molecule has 0 aliphatic carbocycles. The molecule has 90 valence electrons. The van der Waals surface area contributed by atoms with Gasteiger partial charge >= 0.3 is 0 Å². The Balaban J connectivity index is 2.14. The number of hydrogen-bond donors (Lipinski definition) is 1. The van der Waals surface area contributed by atoms with Gasteiger partial charge in [0, 0.05) is 16.1 Å². The number of halogens is 1. The van der Waals surface area contributed by atoms with E-state index in [0.29, 0.717) is 5.82 Å². The lowest BCUT2D eigenvalue weighted by atomic mass is 10.1. The second-order valence-electron chi connectivity index (χ2n) is 3.61. The lowest BCUT2D eigenvalue weighted by molar-refractivity contribution is 0.282. The highest BCUT2D eigenvalue weighted by molar-refractivity contribution is 9.10. The minimum atomic E-state index is -0.104. The molecule has 6 heteroatoms. The minimum Gasteiger partial charge on any atom is -0.485 e. The highest BCUT2D eigenvalue weighted by atomic mass is 79.9. The van der Waals surface area contributed by atoms with Crippen LogP contribution in [0.3, 0.4) is 0 Å². The third kappa shape index (κ3) is 3.04. The summed E-state index contributed by atoms with van der Waals surface area (Å²) in [6.45, 7) is 2.17. The predicted octanol–water partition coefficient (Wildman–Crippen LogP) is 2.43. The molecule has 2 rings (SSSR count). The molecule has 17 heavy (non-hydrogen) atoms. The van der Waals surface area contributed by atoms with Crippen LogP contribution in [0.25, 0.3) is 0 Å².